The molecule has 0 bridgehead atoms. The van der Waals surface area contributed by atoms with Gasteiger partial charge in [0.05, 0.1) is 26.4 Å². The molecule has 0 saturated carbocycles. The second-order valence-corrected chi connectivity index (χ2v) is 7.20. The fourth-order valence-corrected chi connectivity index (χ4v) is 3.36. The summed E-state index contributed by atoms with van der Waals surface area (Å²) in [6, 6.07) is 13.3. The monoisotopic (exact) mass is 356 g/mol. The molecule has 2 aliphatic heterocycles. The topological polar surface area (TPSA) is 43.5 Å². The Balaban J connectivity index is 1.29. The van der Waals surface area contributed by atoms with E-state index in [9.17, 15) is 0 Å². The van der Waals surface area contributed by atoms with Crippen LogP contribution in [0.2, 0.25) is 0 Å². The minimum absolute atomic E-state index is 0.357. The van der Waals surface area contributed by atoms with Crippen LogP contribution in [0.1, 0.15) is 24.0 Å². The highest BCUT2D eigenvalue weighted by Crippen LogP contribution is 2.24. The van der Waals surface area contributed by atoms with Crippen LogP contribution < -0.4 is 0 Å². The molecule has 4 heteroatoms. The minimum atomic E-state index is 0.357. The first kappa shape index (κ1) is 17.9. The van der Waals surface area contributed by atoms with E-state index < -0.39 is 0 Å². The van der Waals surface area contributed by atoms with Crippen LogP contribution in [0.25, 0.3) is 10.8 Å². The van der Waals surface area contributed by atoms with E-state index in [1.807, 2.05) is 0 Å². The van der Waals surface area contributed by atoms with Gasteiger partial charge in [-0.3, -0.25) is 0 Å². The molecule has 2 aromatic rings. The number of benzene rings is 2. The predicted octanol–water partition coefficient (Wildman–Crippen LogP) is 3.54. The highest BCUT2D eigenvalue weighted by molar-refractivity contribution is 5.88. The first-order valence-corrected chi connectivity index (χ1v) is 9.78. The van der Waals surface area contributed by atoms with Gasteiger partial charge in [0.15, 0.2) is 0 Å². The molecule has 2 aliphatic rings. The van der Waals surface area contributed by atoms with Crippen molar-refractivity contribution in [1.29, 1.82) is 0 Å². The summed E-state index contributed by atoms with van der Waals surface area (Å²) in [6.45, 7) is 4.83. The van der Waals surface area contributed by atoms with Crippen molar-refractivity contribution >= 4 is 10.8 Å². The molecular weight excluding hydrogens is 328 g/mol. The normalized spacial score (nSPS) is 21.2. The molecule has 140 valence electrons. The fourth-order valence-electron chi connectivity index (χ4n) is 3.36. The van der Waals surface area contributed by atoms with Gasteiger partial charge in [0.2, 0.25) is 0 Å². The van der Waals surface area contributed by atoms with Gasteiger partial charge in [0.1, 0.15) is 12.2 Å². The fraction of sp³-hybridized carbons (Fsp3) is 0.545. The van der Waals surface area contributed by atoms with Gasteiger partial charge in [0.25, 0.3) is 0 Å². The molecule has 0 radical (unpaired) electrons. The Hall–Kier alpha value is -1.46. The maximum atomic E-state index is 5.66. The summed E-state index contributed by atoms with van der Waals surface area (Å²) >= 11 is 0. The van der Waals surface area contributed by atoms with Crippen molar-refractivity contribution in [2.75, 3.05) is 39.6 Å². The summed E-state index contributed by atoms with van der Waals surface area (Å²) < 4.78 is 21.7. The van der Waals surface area contributed by atoms with E-state index in [1.54, 1.807) is 0 Å². The lowest BCUT2D eigenvalue weighted by Crippen LogP contribution is -2.04. The molecule has 0 aliphatic carbocycles. The molecule has 26 heavy (non-hydrogen) atoms. The van der Waals surface area contributed by atoms with Crippen LogP contribution in [0, 0.1) is 0 Å². The summed E-state index contributed by atoms with van der Waals surface area (Å²) in [7, 11) is 0. The van der Waals surface area contributed by atoms with Crippen molar-refractivity contribution in [3.63, 3.8) is 0 Å². The van der Waals surface area contributed by atoms with E-state index in [1.165, 1.54) is 21.9 Å². The summed E-state index contributed by atoms with van der Waals surface area (Å²) in [4.78, 5) is 0. The zero-order valence-corrected chi connectivity index (χ0v) is 15.3. The van der Waals surface area contributed by atoms with Crippen LogP contribution in [0.3, 0.4) is 0 Å². The Morgan fingerprint density at radius 1 is 0.731 bits per heavy atom. The smallest absolute Gasteiger partial charge is 0.104 e. The van der Waals surface area contributed by atoms with Crippen LogP contribution in [-0.4, -0.2) is 51.8 Å². The number of rotatable bonds is 12. The third-order valence-electron chi connectivity index (χ3n) is 4.98. The van der Waals surface area contributed by atoms with E-state index in [2.05, 4.69) is 36.4 Å². The molecule has 0 N–H and O–H groups in total. The Morgan fingerprint density at radius 3 is 1.62 bits per heavy atom. The molecule has 2 fully saturated rings. The standard InChI is InChI=1S/C22H28O4/c1-5-17(7-3-11-23-13-19-15-25-19)22-10-2-6-18(21(22)9-1)8-4-12-24-14-20-16-26-20/h1-2,5-6,9-10,19-20H,3-4,7-8,11-16H2. The van der Waals surface area contributed by atoms with Gasteiger partial charge < -0.3 is 18.9 Å². The van der Waals surface area contributed by atoms with Gasteiger partial charge in [-0.05, 0) is 47.6 Å². The Labute approximate surface area is 155 Å². The molecule has 2 atom stereocenters. The van der Waals surface area contributed by atoms with Crippen LogP contribution in [-0.2, 0) is 31.8 Å². The zero-order valence-electron chi connectivity index (χ0n) is 15.3. The van der Waals surface area contributed by atoms with E-state index in [0.717, 1.165) is 65.3 Å². The van der Waals surface area contributed by atoms with Crippen LogP contribution in [0.5, 0.6) is 0 Å². The maximum Gasteiger partial charge on any atom is 0.104 e. The van der Waals surface area contributed by atoms with E-state index in [-0.39, 0.29) is 0 Å². The quantitative estimate of drug-likeness (QED) is 0.431. The van der Waals surface area contributed by atoms with Gasteiger partial charge in [0, 0.05) is 13.2 Å². The second kappa shape index (κ2) is 8.96. The second-order valence-electron chi connectivity index (χ2n) is 7.20. The van der Waals surface area contributed by atoms with E-state index >= 15 is 0 Å². The molecular formula is C22H28O4. The lowest BCUT2D eigenvalue weighted by Gasteiger charge is -2.11. The number of hydrogen-bond donors (Lipinski definition) is 0. The van der Waals surface area contributed by atoms with Crippen molar-refractivity contribution in [3.05, 3.63) is 47.5 Å². The Morgan fingerprint density at radius 2 is 1.19 bits per heavy atom. The number of hydrogen-bond acceptors (Lipinski definition) is 4. The van der Waals surface area contributed by atoms with Crippen LogP contribution in [0.15, 0.2) is 36.4 Å². The van der Waals surface area contributed by atoms with Crippen molar-refractivity contribution in [2.24, 2.45) is 0 Å². The lowest BCUT2D eigenvalue weighted by atomic mass is 9.96. The Kier molecular flexibility index (Phi) is 6.18. The van der Waals surface area contributed by atoms with Crippen molar-refractivity contribution < 1.29 is 18.9 Å². The highest BCUT2D eigenvalue weighted by atomic mass is 16.6. The maximum absolute atomic E-state index is 5.66. The summed E-state index contributed by atoms with van der Waals surface area (Å²) in [5.74, 6) is 0. The molecule has 0 aromatic heterocycles. The first-order valence-electron chi connectivity index (χ1n) is 9.78. The van der Waals surface area contributed by atoms with E-state index in [0.29, 0.717) is 12.2 Å². The van der Waals surface area contributed by atoms with Gasteiger partial charge in [-0.2, -0.15) is 0 Å². The lowest BCUT2D eigenvalue weighted by molar-refractivity contribution is 0.114. The van der Waals surface area contributed by atoms with Gasteiger partial charge >= 0.3 is 0 Å². The van der Waals surface area contributed by atoms with Crippen LogP contribution in [0.4, 0.5) is 0 Å². The molecule has 2 heterocycles. The molecule has 2 saturated heterocycles. The van der Waals surface area contributed by atoms with E-state index in [4.69, 9.17) is 18.9 Å². The summed E-state index contributed by atoms with van der Waals surface area (Å²) in [5.41, 5.74) is 2.83. The SMILES string of the molecule is c1cc(CCCOCC2CO2)c2cccc(CCCOCC3CO3)c2c1. The zero-order chi connectivity index (χ0) is 17.6. The highest BCUT2D eigenvalue weighted by Gasteiger charge is 2.22. The van der Waals surface area contributed by atoms with Crippen LogP contribution >= 0.6 is 0 Å². The van der Waals surface area contributed by atoms with Crippen molar-refractivity contribution in [3.8, 4) is 0 Å². The third-order valence-corrected chi connectivity index (χ3v) is 4.98. The Bertz CT molecular complexity index is 645. The summed E-state index contributed by atoms with van der Waals surface area (Å²) in [5, 5.41) is 2.76. The number of epoxide rings is 2. The van der Waals surface area contributed by atoms with Gasteiger partial charge in [-0.25, -0.2) is 0 Å². The first-order chi connectivity index (χ1) is 12.9. The van der Waals surface area contributed by atoms with Crippen molar-refractivity contribution in [1.82, 2.24) is 0 Å². The molecule has 2 aromatic carbocycles. The van der Waals surface area contributed by atoms with Gasteiger partial charge in [-0.15, -0.1) is 0 Å². The number of fused-ring (bicyclic) bond motifs is 1. The number of ether oxygens (including phenoxy) is 4. The number of aryl methyl sites for hydroxylation is 2. The van der Waals surface area contributed by atoms with Crippen molar-refractivity contribution in [2.45, 2.75) is 37.9 Å². The summed E-state index contributed by atoms with van der Waals surface area (Å²) in [6.07, 6.45) is 4.92. The largest absolute Gasteiger partial charge is 0.379 e. The molecule has 0 spiro atoms. The average Bonchev–Trinajstić information content (AvgIpc) is 3.56. The molecule has 2 unspecified atom stereocenters. The predicted molar refractivity (Wildman–Crippen MR) is 102 cm³/mol. The molecule has 0 amide bonds. The minimum Gasteiger partial charge on any atom is -0.379 e. The molecule has 4 rings (SSSR count). The molecule has 4 nitrogen and oxygen atoms in total. The van der Waals surface area contributed by atoms with Gasteiger partial charge in [-0.1, -0.05) is 36.4 Å². The third kappa shape index (κ3) is 5.27. The average molecular weight is 356 g/mol.